The molecular weight excluding hydrogens is 477 g/mol. The number of rotatable bonds is 10. The Bertz CT molecular complexity index is 1280. The van der Waals surface area contributed by atoms with E-state index in [9.17, 15) is 19.3 Å². The maximum Gasteiger partial charge on any atom is 0.271 e. The summed E-state index contributed by atoms with van der Waals surface area (Å²) in [6, 6.07) is 17.1. The minimum atomic E-state index is -0.742. The number of hydrogen-bond acceptors (Lipinski definition) is 7. The lowest BCUT2D eigenvalue weighted by molar-refractivity contribution is -0.384. The molecule has 0 radical (unpaired) electrons. The van der Waals surface area contributed by atoms with E-state index in [1.54, 1.807) is 11.3 Å². The van der Waals surface area contributed by atoms with E-state index in [2.05, 4.69) is 27.6 Å². The molecule has 0 saturated heterocycles. The van der Waals surface area contributed by atoms with Gasteiger partial charge in [0.1, 0.15) is 11.6 Å². The number of nitrogens with one attached hydrogen (secondary N) is 1. The molecule has 1 N–H and O–H groups in total. The Kier molecular flexibility index (Phi) is 7.65. The summed E-state index contributed by atoms with van der Waals surface area (Å²) in [7, 11) is 0. The van der Waals surface area contributed by atoms with Crippen LogP contribution in [0.3, 0.4) is 0 Å². The minimum Gasteiger partial charge on any atom is -0.323 e. The van der Waals surface area contributed by atoms with Crippen LogP contribution in [0, 0.1) is 15.9 Å². The van der Waals surface area contributed by atoms with Crippen LogP contribution in [0.25, 0.3) is 0 Å². The van der Waals surface area contributed by atoms with E-state index in [1.165, 1.54) is 17.3 Å². The molecule has 0 aliphatic rings. The third-order valence-electron chi connectivity index (χ3n) is 4.94. The number of hydrogen-bond donors (Lipinski definition) is 1. The quantitative estimate of drug-likeness (QED) is 0.189. The highest BCUT2D eigenvalue weighted by atomic mass is 32.2. The van der Waals surface area contributed by atoms with Crippen LogP contribution in [0.4, 0.5) is 15.8 Å². The minimum absolute atomic E-state index is 0.0510. The summed E-state index contributed by atoms with van der Waals surface area (Å²) in [5.41, 5.74) is 0.639. The number of nitro groups is 1. The number of nitro benzene ring substituents is 1. The monoisotopic (exact) mass is 497 g/mol. The smallest absolute Gasteiger partial charge is 0.271 e. The Morgan fingerprint density at radius 2 is 1.97 bits per heavy atom. The zero-order valence-corrected chi connectivity index (χ0v) is 19.5. The van der Waals surface area contributed by atoms with E-state index in [4.69, 9.17) is 0 Å². The summed E-state index contributed by atoms with van der Waals surface area (Å²) in [5.74, 6) is -0.494. The SMILES string of the molecule is O=C(CSc1nnc(Cc2cccs2)n1CCc1ccccc1)Nc1cc([N+](=O)[O-])ccc1F. The zero-order chi connectivity index (χ0) is 23.9. The first-order chi connectivity index (χ1) is 16.5. The zero-order valence-electron chi connectivity index (χ0n) is 17.9. The molecule has 0 fully saturated rings. The van der Waals surface area contributed by atoms with Crippen molar-refractivity contribution in [3.63, 3.8) is 0 Å². The number of thiophene rings is 1. The van der Waals surface area contributed by atoms with Crippen LogP contribution < -0.4 is 5.32 Å². The Balaban J connectivity index is 1.46. The van der Waals surface area contributed by atoms with Crippen molar-refractivity contribution in [1.29, 1.82) is 0 Å². The summed E-state index contributed by atoms with van der Waals surface area (Å²) >= 11 is 2.82. The first kappa shape index (κ1) is 23.6. The highest BCUT2D eigenvalue weighted by Crippen LogP contribution is 2.24. The van der Waals surface area contributed by atoms with Crippen LogP contribution in [-0.4, -0.2) is 31.3 Å². The Morgan fingerprint density at radius 1 is 1.15 bits per heavy atom. The molecule has 2 heterocycles. The summed E-state index contributed by atoms with van der Waals surface area (Å²) in [6.45, 7) is 0.640. The van der Waals surface area contributed by atoms with Crippen LogP contribution in [0.2, 0.25) is 0 Å². The fourth-order valence-corrected chi connectivity index (χ4v) is 4.76. The number of carbonyl (C=O) groups is 1. The normalized spacial score (nSPS) is 10.9. The van der Waals surface area contributed by atoms with Gasteiger partial charge in [0.15, 0.2) is 5.16 Å². The number of carbonyl (C=O) groups excluding carboxylic acids is 1. The van der Waals surface area contributed by atoms with Gasteiger partial charge in [-0.3, -0.25) is 14.9 Å². The second-order valence-electron chi connectivity index (χ2n) is 7.30. The lowest BCUT2D eigenvalue weighted by Crippen LogP contribution is -2.16. The van der Waals surface area contributed by atoms with Gasteiger partial charge in [0, 0.05) is 30.0 Å². The van der Waals surface area contributed by atoms with Crippen molar-refractivity contribution >= 4 is 40.4 Å². The van der Waals surface area contributed by atoms with Gasteiger partial charge in [-0.1, -0.05) is 48.2 Å². The molecule has 0 aliphatic heterocycles. The number of non-ortho nitro benzene ring substituents is 1. The van der Waals surface area contributed by atoms with Crippen molar-refractivity contribution in [2.45, 2.75) is 24.5 Å². The molecular formula is C23H20FN5O3S2. The molecule has 0 saturated carbocycles. The Hall–Kier alpha value is -3.57. The molecule has 0 unspecified atom stereocenters. The number of halogens is 1. The number of amides is 1. The Morgan fingerprint density at radius 3 is 2.71 bits per heavy atom. The van der Waals surface area contributed by atoms with Crippen LogP contribution >= 0.6 is 23.1 Å². The molecule has 8 nitrogen and oxygen atoms in total. The van der Waals surface area contributed by atoms with E-state index in [0.29, 0.717) is 18.1 Å². The lowest BCUT2D eigenvalue weighted by atomic mass is 10.1. The van der Waals surface area contributed by atoms with E-state index in [1.807, 2.05) is 40.3 Å². The average Bonchev–Trinajstić information content (AvgIpc) is 3.48. The van der Waals surface area contributed by atoms with Gasteiger partial charge >= 0.3 is 0 Å². The third-order valence-corrected chi connectivity index (χ3v) is 6.78. The number of benzene rings is 2. The lowest BCUT2D eigenvalue weighted by Gasteiger charge is -2.10. The molecule has 0 aliphatic carbocycles. The molecule has 4 rings (SSSR count). The predicted octanol–water partition coefficient (Wildman–Crippen LogP) is 4.95. The fraction of sp³-hybridized carbons (Fsp3) is 0.174. The number of nitrogens with zero attached hydrogens (tertiary/aromatic N) is 4. The molecule has 2 aromatic heterocycles. The second kappa shape index (κ2) is 11.0. The van der Waals surface area contributed by atoms with Gasteiger partial charge in [-0.05, 0) is 29.5 Å². The van der Waals surface area contributed by atoms with Gasteiger partial charge in [0.25, 0.3) is 5.69 Å². The van der Waals surface area contributed by atoms with Crippen molar-refractivity contribution < 1.29 is 14.1 Å². The van der Waals surface area contributed by atoms with E-state index in [-0.39, 0.29) is 17.1 Å². The molecule has 0 bridgehead atoms. The molecule has 0 atom stereocenters. The molecule has 0 spiro atoms. The van der Waals surface area contributed by atoms with Crippen molar-refractivity contribution in [3.8, 4) is 0 Å². The summed E-state index contributed by atoms with van der Waals surface area (Å²) < 4.78 is 16.0. The first-order valence-electron chi connectivity index (χ1n) is 10.3. The molecule has 1 amide bonds. The number of aryl methyl sites for hydroxylation is 1. The van der Waals surface area contributed by atoms with Crippen molar-refractivity contribution in [3.05, 3.63) is 98.2 Å². The van der Waals surface area contributed by atoms with Crippen LogP contribution in [-0.2, 0) is 24.2 Å². The number of anilines is 1. The van der Waals surface area contributed by atoms with Crippen molar-refractivity contribution in [2.24, 2.45) is 0 Å². The van der Waals surface area contributed by atoms with Crippen LogP contribution in [0.1, 0.15) is 16.3 Å². The molecule has 2 aromatic carbocycles. The molecule has 11 heteroatoms. The molecule has 34 heavy (non-hydrogen) atoms. The standard InChI is InChI=1S/C23H20FN5O3S2/c24-19-9-8-17(29(31)32)13-20(19)25-22(30)15-34-23-27-26-21(14-18-7-4-12-33-18)28(23)11-10-16-5-2-1-3-6-16/h1-9,12-13H,10-11,14-15H2,(H,25,30). The maximum atomic E-state index is 14.0. The summed E-state index contributed by atoms with van der Waals surface area (Å²) in [4.78, 5) is 23.9. The molecule has 4 aromatic rings. The highest BCUT2D eigenvalue weighted by molar-refractivity contribution is 7.99. The maximum absolute atomic E-state index is 14.0. The van der Waals surface area contributed by atoms with Gasteiger partial charge in [-0.15, -0.1) is 21.5 Å². The second-order valence-corrected chi connectivity index (χ2v) is 9.28. The van der Waals surface area contributed by atoms with E-state index < -0.39 is 16.6 Å². The van der Waals surface area contributed by atoms with Crippen LogP contribution in [0.5, 0.6) is 0 Å². The highest BCUT2D eigenvalue weighted by Gasteiger charge is 2.17. The van der Waals surface area contributed by atoms with E-state index >= 15 is 0 Å². The average molecular weight is 498 g/mol. The van der Waals surface area contributed by atoms with Gasteiger partial charge in [0.05, 0.1) is 16.4 Å². The van der Waals surface area contributed by atoms with Gasteiger partial charge < -0.3 is 9.88 Å². The van der Waals surface area contributed by atoms with Gasteiger partial charge in [0.2, 0.25) is 5.91 Å². The van der Waals surface area contributed by atoms with Gasteiger partial charge in [-0.2, -0.15) is 0 Å². The van der Waals surface area contributed by atoms with Crippen molar-refractivity contribution in [1.82, 2.24) is 14.8 Å². The summed E-state index contributed by atoms with van der Waals surface area (Å²) in [6.07, 6.45) is 1.40. The number of aromatic nitrogens is 3. The fourth-order valence-electron chi connectivity index (χ4n) is 3.27. The van der Waals surface area contributed by atoms with E-state index in [0.717, 1.165) is 35.3 Å². The Labute approximate surface area is 203 Å². The largest absolute Gasteiger partial charge is 0.323 e. The van der Waals surface area contributed by atoms with Gasteiger partial charge in [-0.25, -0.2) is 4.39 Å². The molecule has 174 valence electrons. The van der Waals surface area contributed by atoms with Crippen LogP contribution in [0.15, 0.2) is 71.2 Å². The third kappa shape index (κ3) is 6.06. The number of thioether (sulfide) groups is 1. The topological polar surface area (TPSA) is 103 Å². The van der Waals surface area contributed by atoms with Crippen molar-refractivity contribution in [2.75, 3.05) is 11.1 Å². The first-order valence-corrected chi connectivity index (χ1v) is 12.2. The summed E-state index contributed by atoms with van der Waals surface area (Å²) in [5, 5.41) is 24.5. The predicted molar refractivity (Wildman–Crippen MR) is 130 cm³/mol.